The van der Waals surface area contributed by atoms with E-state index in [4.69, 9.17) is 4.74 Å². The van der Waals surface area contributed by atoms with Gasteiger partial charge in [0.2, 0.25) is 0 Å². The molecule has 1 aliphatic rings. The Hall–Kier alpha value is -0.930. The van der Waals surface area contributed by atoms with Crippen LogP contribution >= 0.6 is 0 Å². The summed E-state index contributed by atoms with van der Waals surface area (Å²) in [5.74, 6) is -0.119. The van der Waals surface area contributed by atoms with E-state index in [1.807, 2.05) is 12.1 Å². The van der Waals surface area contributed by atoms with Crippen molar-refractivity contribution in [2.24, 2.45) is 0 Å². The second-order valence-corrected chi connectivity index (χ2v) is 5.25. The Bertz CT molecular complexity index is 377. The van der Waals surface area contributed by atoms with Gasteiger partial charge >= 0.3 is 0 Å². The van der Waals surface area contributed by atoms with Crippen molar-refractivity contribution >= 4 is 0 Å². The zero-order valence-electron chi connectivity index (χ0n) is 11.7. The quantitative estimate of drug-likeness (QED) is 0.844. The Morgan fingerprint density at radius 3 is 2.89 bits per heavy atom. The lowest BCUT2D eigenvalue weighted by Gasteiger charge is -2.28. The van der Waals surface area contributed by atoms with Gasteiger partial charge in [-0.25, -0.2) is 4.39 Å². The maximum absolute atomic E-state index is 13.9. The van der Waals surface area contributed by atoms with E-state index in [1.165, 1.54) is 12.5 Å². The molecule has 0 bridgehead atoms. The number of hydrogen-bond donors (Lipinski definition) is 1. The Labute approximate surface area is 115 Å². The molecule has 1 saturated heterocycles. The van der Waals surface area contributed by atoms with Gasteiger partial charge in [0.25, 0.3) is 0 Å². The Kier molecular flexibility index (Phi) is 5.80. The summed E-state index contributed by atoms with van der Waals surface area (Å²) in [7, 11) is 0. The van der Waals surface area contributed by atoms with E-state index in [2.05, 4.69) is 12.2 Å². The van der Waals surface area contributed by atoms with Gasteiger partial charge in [-0.15, -0.1) is 0 Å². The molecule has 1 aliphatic heterocycles. The molecular weight excluding hydrogens is 241 g/mol. The fourth-order valence-corrected chi connectivity index (χ4v) is 2.65. The van der Waals surface area contributed by atoms with Crippen LogP contribution in [-0.4, -0.2) is 19.3 Å². The van der Waals surface area contributed by atoms with E-state index < -0.39 is 0 Å². The summed E-state index contributed by atoms with van der Waals surface area (Å²) in [4.78, 5) is 0. The van der Waals surface area contributed by atoms with E-state index in [9.17, 15) is 4.39 Å². The zero-order valence-corrected chi connectivity index (χ0v) is 11.7. The van der Waals surface area contributed by atoms with Crippen LogP contribution in [0.25, 0.3) is 0 Å². The van der Waals surface area contributed by atoms with Crippen LogP contribution in [0.5, 0.6) is 0 Å². The van der Waals surface area contributed by atoms with Gasteiger partial charge in [0.15, 0.2) is 0 Å². The molecule has 106 valence electrons. The van der Waals surface area contributed by atoms with Gasteiger partial charge in [-0.1, -0.05) is 25.1 Å². The van der Waals surface area contributed by atoms with Crippen LogP contribution in [0.3, 0.4) is 0 Å². The highest BCUT2D eigenvalue weighted by atomic mass is 19.1. The van der Waals surface area contributed by atoms with Gasteiger partial charge in [-0.05, 0) is 44.7 Å². The fraction of sp³-hybridized carbons (Fsp3) is 0.625. The first-order chi connectivity index (χ1) is 9.31. The molecule has 0 amide bonds. The molecule has 2 nitrogen and oxygen atoms in total. The lowest BCUT2D eigenvalue weighted by molar-refractivity contribution is 0.00486. The molecule has 19 heavy (non-hydrogen) atoms. The van der Waals surface area contributed by atoms with E-state index in [1.54, 1.807) is 6.07 Å². The largest absolute Gasteiger partial charge is 0.378 e. The van der Waals surface area contributed by atoms with Crippen molar-refractivity contribution in [3.8, 4) is 0 Å². The summed E-state index contributed by atoms with van der Waals surface area (Å²) >= 11 is 0. The lowest BCUT2D eigenvalue weighted by Crippen LogP contribution is -2.29. The molecule has 0 aliphatic carbocycles. The summed E-state index contributed by atoms with van der Waals surface area (Å²) < 4.78 is 19.7. The molecule has 0 saturated carbocycles. The average molecular weight is 265 g/mol. The highest BCUT2D eigenvalue weighted by Gasteiger charge is 2.22. The summed E-state index contributed by atoms with van der Waals surface area (Å²) in [5, 5.41) is 3.45. The number of nitrogens with one attached hydrogen (secondary N) is 1. The number of halogens is 1. The molecule has 1 aromatic carbocycles. The second-order valence-electron chi connectivity index (χ2n) is 5.25. The van der Waals surface area contributed by atoms with E-state index in [-0.39, 0.29) is 18.0 Å². The van der Waals surface area contributed by atoms with Crippen molar-refractivity contribution < 1.29 is 9.13 Å². The standard InChI is InChI=1S/C16H24FNO/c1-2-10-18-16(12-13-7-5-6-11-19-13)14-8-3-4-9-15(14)17/h3-4,8-9,13,16,18H,2,5-7,10-12H2,1H3. The third-order valence-electron chi connectivity index (χ3n) is 3.69. The molecule has 2 atom stereocenters. The van der Waals surface area contributed by atoms with Gasteiger partial charge in [0.1, 0.15) is 5.82 Å². The minimum atomic E-state index is -0.119. The lowest BCUT2D eigenvalue weighted by atomic mass is 9.96. The molecule has 1 heterocycles. The molecule has 1 aromatic rings. The Morgan fingerprint density at radius 2 is 2.21 bits per heavy atom. The van der Waals surface area contributed by atoms with Crippen LogP contribution in [0.2, 0.25) is 0 Å². The van der Waals surface area contributed by atoms with Crippen molar-refractivity contribution in [3.05, 3.63) is 35.6 Å². The second kappa shape index (κ2) is 7.61. The van der Waals surface area contributed by atoms with Crippen molar-refractivity contribution in [3.63, 3.8) is 0 Å². The van der Waals surface area contributed by atoms with Crippen molar-refractivity contribution in [1.82, 2.24) is 5.32 Å². The molecule has 1 N–H and O–H groups in total. The Morgan fingerprint density at radius 1 is 1.37 bits per heavy atom. The minimum absolute atomic E-state index is 0.0595. The van der Waals surface area contributed by atoms with Gasteiger partial charge in [0.05, 0.1) is 6.10 Å². The van der Waals surface area contributed by atoms with E-state index >= 15 is 0 Å². The molecular formula is C16H24FNO. The maximum Gasteiger partial charge on any atom is 0.127 e. The third kappa shape index (κ3) is 4.29. The normalized spacial score (nSPS) is 21.3. The zero-order chi connectivity index (χ0) is 13.5. The first-order valence-electron chi connectivity index (χ1n) is 7.40. The summed E-state index contributed by atoms with van der Waals surface area (Å²) in [6.45, 7) is 3.89. The third-order valence-corrected chi connectivity index (χ3v) is 3.69. The topological polar surface area (TPSA) is 21.3 Å². The van der Waals surface area contributed by atoms with Gasteiger partial charge in [-0.2, -0.15) is 0 Å². The molecule has 0 spiro atoms. The smallest absolute Gasteiger partial charge is 0.127 e. The highest BCUT2D eigenvalue weighted by Crippen LogP contribution is 2.26. The fourth-order valence-electron chi connectivity index (χ4n) is 2.65. The number of hydrogen-bond acceptors (Lipinski definition) is 2. The van der Waals surface area contributed by atoms with Crippen LogP contribution < -0.4 is 5.32 Å². The number of rotatable bonds is 6. The highest BCUT2D eigenvalue weighted by molar-refractivity contribution is 5.21. The van der Waals surface area contributed by atoms with Gasteiger partial charge < -0.3 is 10.1 Å². The van der Waals surface area contributed by atoms with Gasteiger partial charge in [0, 0.05) is 18.2 Å². The first kappa shape index (κ1) is 14.5. The van der Waals surface area contributed by atoms with Crippen LogP contribution in [-0.2, 0) is 4.74 Å². The molecule has 1 fully saturated rings. The summed E-state index contributed by atoms with van der Waals surface area (Å²) in [5.41, 5.74) is 0.769. The van der Waals surface area contributed by atoms with Gasteiger partial charge in [-0.3, -0.25) is 0 Å². The predicted molar refractivity (Wildman–Crippen MR) is 75.6 cm³/mol. The molecule has 0 aromatic heterocycles. The van der Waals surface area contributed by atoms with Crippen molar-refractivity contribution in [2.75, 3.05) is 13.2 Å². The monoisotopic (exact) mass is 265 g/mol. The Balaban J connectivity index is 2.04. The summed E-state index contributed by atoms with van der Waals surface area (Å²) in [6, 6.07) is 7.13. The first-order valence-corrected chi connectivity index (χ1v) is 7.40. The van der Waals surface area contributed by atoms with E-state index in [0.29, 0.717) is 0 Å². The molecule has 2 unspecified atom stereocenters. The predicted octanol–water partition coefficient (Wildman–Crippen LogP) is 3.83. The minimum Gasteiger partial charge on any atom is -0.378 e. The SMILES string of the molecule is CCCNC(CC1CCCCO1)c1ccccc1F. The molecule has 0 radical (unpaired) electrons. The van der Waals surface area contributed by atoms with Crippen molar-refractivity contribution in [1.29, 1.82) is 0 Å². The van der Waals surface area contributed by atoms with Crippen molar-refractivity contribution in [2.45, 2.75) is 51.2 Å². The average Bonchev–Trinajstić information content (AvgIpc) is 2.45. The van der Waals surface area contributed by atoms with Crippen LogP contribution in [0.1, 0.15) is 50.6 Å². The van der Waals surface area contributed by atoms with Crippen LogP contribution in [0.15, 0.2) is 24.3 Å². The van der Waals surface area contributed by atoms with Crippen LogP contribution in [0.4, 0.5) is 4.39 Å². The van der Waals surface area contributed by atoms with Crippen LogP contribution in [0, 0.1) is 5.82 Å². The summed E-state index contributed by atoms with van der Waals surface area (Å²) in [6.07, 6.45) is 5.66. The molecule has 2 rings (SSSR count). The maximum atomic E-state index is 13.9. The molecule has 3 heteroatoms. The van der Waals surface area contributed by atoms with E-state index in [0.717, 1.165) is 44.4 Å². The number of ether oxygens (including phenoxy) is 1. The number of benzene rings is 1.